The Morgan fingerprint density at radius 2 is 2.25 bits per heavy atom. The standard InChI is InChI=1S/C12H15F2NS/c13-10-4-3-9(12(14)6-10)7-15-11-2-1-5-16-8-11/h3-4,6,11,15H,1-2,5,7-8H2. The van der Waals surface area contributed by atoms with Crippen LogP contribution in [0.4, 0.5) is 8.78 Å². The molecular formula is C12H15F2NS. The van der Waals surface area contributed by atoms with Crippen LogP contribution in [-0.2, 0) is 6.54 Å². The van der Waals surface area contributed by atoms with Gasteiger partial charge in [0.05, 0.1) is 0 Å². The van der Waals surface area contributed by atoms with E-state index in [0.29, 0.717) is 18.2 Å². The van der Waals surface area contributed by atoms with Crippen molar-refractivity contribution in [3.8, 4) is 0 Å². The van der Waals surface area contributed by atoms with E-state index in [1.54, 1.807) is 0 Å². The average molecular weight is 243 g/mol. The Hall–Kier alpha value is -0.610. The normalized spacial score (nSPS) is 21.0. The van der Waals surface area contributed by atoms with Crippen molar-refractivity contribution in [2.75, 3.05) is 11.5 Å². The number of halogens is 2. The number of rotatable bonds is 3. The van der Waals surface area contributed by atoms with Crippen molar-refractivity contribution in [3.05, 3.63) is 35.4 Å². The van der Waals surface area contributed by atoms with E-state index >= 15 is 0 Å². The molecule has 16 heavy (non-hydrogen) atoms. The third-order valence-corrected chi connectivity index (χ3v) is 3.97. The summed E-state index contributed by atoms with van der Waals surface area (Å²) < 4.78 is 26.0. The number of thioether (sulfide) groups is 1. The first-order chi connectivity index (χ1) is 7.75. The first-order valence-electron chi connectivity index (χ1n) is 5.51. The fourth-order valence-corrected chi connectivity index (χ4v) is 2.93. The van der Waals surface area contributed by atoms with Gasteiger partial charge in [-0.1, -0.05) is 6.07 Å². The molecule has 1 unspecified atom stereocenters. The fourth-order valence-electron chi connectivity index (χ4n) is 1.82. The van der Waals surface area contributed by atoms with Crippen LogP contribution in [0, 0.1) is 11.6 Å². The SMILES string of the molecule is Fc1ccc(CNC2CCCSC2)c(F)c1. The Balaban J connectivity index is 1.88. The van der Waals surface area contributed by atoms with E-state index in [4.69, 9.17) is 0 Å². The summed E-state index contributed by atoms with van der Waals surface area (Å²) in [4.78, 5) is 0. The molecular weight excluding hydrogens is 228 g/mol. The second-order valence-corrected chi connectivity index (χ2v) is 5.18. The number of nitrogens with one attached hydrogen (secondary N) is 1. The monoisotopic (exact) mass is 243 g/mol. The third kappa shape index (κ3) is 3.19. The summed E-state index contributed by atoms with van der Waals surface area (Å²) in [6.07, 6.45) is 2.37. The highest BCUT2D eigenvalue weighted by atomic mass is 32.2. The van der Waals surface area contributed by atoms with E-state index in [0.717, 1.165) is 18.2 Å². The molecule has 1 aromatic rings. The molecule has 88 valence electrons. The summed E-state index contributed by atoms with van der Waals surface area (Å²) in [5.74, 6) is 1.33. The van der Waals surface area contributed by atoms with Crippen molar-refractivity contribution in [2.45, 2.75) is 25.4 Å². The minimum absolute atomic E-state index is 0.461. The second-order valence-electron chi connectivity index (χ2n) is 4.03. The molecule has 0 amide bonds. The molecule has 0 radical (unpaired) electrons. The Morgan fingerprint density at radius 3 is 2.94 bits per heavy atom. The van der Waals surface area contributed by atoms with Crippen LogP contribution in [0.1, 0.15) is 18.4 Å². The highest BCUT2D eigenvalue weighted by Crippen LogP contribution is 2.17. The van der Waals surface area contributed by atoms with Crippen LogP contribution in [0.25, 0.3) is 0 Å². The summed E-state index contributed by atoms with van der Waals surface area (Å²) >= 11 is 1.93. The van der Waals surface area contributed by atoms with E-state index in [1.807, 2.05) is 11.8 Å². The van der Waals surface area contributed by atoms with Crippen molar-refractivity contribution in [3.63, 3.8) is 0 Å². The number of hydrogen-bond donors (Lipinski definition) is 1. The fraction of sp³-hybridized carbons (Fsp3) is 0.500. The molecule has 0 saturated carbocycles. The van der Waals surface area contributed by atoms with Crippen molar-refractivity contribution >= 4 is 11.8 Å². The molecule has 4 heteroatoms. The first-order valence-corrected chi connectivity index (χ1v) is 6.66. The molecule has 0 aliphatic carbocycles. The lowest BCUT2D eigenvalue weighted by molar-refractivity contribution is 0.493. The predicted octanol–water partition coefficient (Wildman–Crippen LogP) is 2.95. The topological polar surface area (TPSA) is 12.0 Å². The molecule has 0 aromatic heterocycles. The Kier molecular flexibility index (Phi) is 4.18. The zero-order valence-electron chi connectivity index (χ0n) is 9.01. The molecule has 1 aromatic carbocycles. The zero-order chi connectivity index (χ0) is 11.4. The number of benzene rings is 1. The van der Waals surface area contributed by atoms with Crippen LogP contribution in [0.15, 0.2) is 18.2 Å². The molecule has 1 heterocycles. The van der Waals surface area contributed by atoms with Gasteiger partial charge in [-0.25, -0.2) is 8.78 Å². The van der Waals surface area contributed by atoms with Gasteiger partial charge in [0.15, 0.2) is 0 Å². The van der Waals surface area contributed by atoms with Crippen molar-refractivity contribution in [2.24, 2.45) is 0 Å². The minimum atomic E-state index is -0.519. The Morgan fingerprint density at radius 1 is 1.38 bits per heavy atom. The van der Waals surface area contributed by atoms with Gasteiger partial charge < -0.3 is 5.32 Å². The molecule has 1 saturated heterocycles. The largest absolute Gasteiger partial charge is 0.309 e. The minimum Gasteiger partial charge on any atom is -0.309 e. The van der Waals surface area contributed by atoms with E-state index in [2.05, 4.69) is 5.32 Å². The van der Waals surface area contributed by atoms with Gasteiger partial charge in [0.25, 0.3) is 0 Å². The third-order valence-electron chi connectivity index (χ3n) is 2.76. The molecule has 1 nitrogen and oxygen atoms in total. The maximum Gasteiger partial charge on any atom is 0.130 e. The van der Waals surface area contributed by atoms with Gasteiger partial charge >= 0.3 is 0 Å². The lowest BCUT2D eigenvalue weighted by Crippen LogP contribution is -2.33. The lowest BCUT2D eigenvalue weighted by Gasteiger charge is -2.22. The highest BCUT2D eigenvalue weighted by molar-refractivity contribution is 7.99. The Bertz CT molecular complexity index is 351. The summed E-state index contributed by atoms with van der Waals surface area (Å²) in [6.45, 7) is 0.483. The van der Waals surface area contributed by atoms with Crippen molar-refractivity contribution in [1.29, 1.82) is 0 Å². The first kappa shape index (κ1) is 11.9. The maximum absolute atomic E-state index is 13.3. The highest BCUT2D eigenvalue weighted by Gasteiger charge is 2.13. The quantitative estimate of drug-likeness (QED) is 0.876. The zero-order valence-corrected chi connectivity index (χ0v) is 9.83. The van der Waals surface area contributed by atoms with Gasteiger partial charge in [-0.2, -0.15) is 11.8 Å². The molecule has 1 fully saturated rings. The van der Waals surface area contributed by atoms with Crippen LogP contribution >= 0.6 is 11.8 Å². The van der Waals surface area contributed by atoms with Crippen molar-refractivity contribution in [1.82, 2.24) is 5.32 Å². The van der Waals surface area contributed by atoms with Gasteiger partial charge in [-0.15, -0.1) is 0 Å². The van der Waals surface area contributed by atoms with Gasteiger partial charge in [0.2, 0.25) is 0 Å². The van der Waals surface area contributed by atoms with E-state index in [9.17, 15) is 8.78 Å². The van der Waals surface area contributed by atoms with Crippen LogP contribution in [0.2, 0.25) is 0 Å². The number of hydrogen-bond acceptors (Lipinski definition) is 2. The second kappa shape index (κ2) is 5.64. The van der Waals surface area contributed by atoms with Gasteiger partial charge in [-0.05, 0) is 24.7 Å². The summed E-state index contributed by atoms with van der Waals surface area (Å²) in [5, 5.41) is 3.31. The molecule has 1 atom stereocenters. The van der Waals surface area contributed by atoms with Crippen LogP contribution in [0.3, 0.4) is 0 Å². The predicted molar refractivity (Wildman–Crippen MR) is 63.5 cm³/mol. The lowest BCUT2D eigenvalue weighted by atomic mass is 10.1. The van der Waals surface area contributed by atoms with Crippen LogP contribution in [-0.4, -0.2) is 17.5 Å². The van der Waals surface area contributed by atoms with E-state index in [-0.39, 0.29) is 0 Å². The van der Waals surface area contributed by atoms with E-state index in [1.165, 1.54) is 24.3 Å². The Labute approximate surface area is 98.6 Å². The molecule has 1 aliphatic rings. The summed E-state index contributed by atoms with van der Waals surface area (Å²) in [6, 6.07) is 4.21. The maximum atomic E-state index is 13.3. The van der Waals surface area contributed by atoms with Crippen molar-refractivity contribution < 1.29 is 8.78 Å². The summed E-state index contributed by atoms with van der Waals surface area (Å²) in [5.41, 5.74) is 0.539. The average Bonchev–Trinajstić information content (AvgIpc) is 2.29. The molecule has 1 N–H and O–H groups in total. The molecule has 2 rings (SSSR count). The molecule has 0 bridgehead atoms. The summed E-state index contributed by atoms with van der Waals surface area (Å²) in [7, 11) is 0. The smallest absolute Gasteiger partial charge is 0.130 e. The van der Waals surface area contributed by atoms with Crippen LogP contribution in [0.5, 0.6) is 0 Å². The van der Waals surface area contributed by atoms with Gasteiger partial charge in [0, 0.05) is 30.0 Å². The molecule has 1 aliphatic heterocycles. The van der Waals surface area contributed by atoms with Gasteiger partial charge in [-0.3, -0.25) is 0 Å². The van der Waals surface area contributed by atoms with Gasteiger partial charge in [0.1, 0.15) is 11.6 Å². The molecule has 0 spiro atoms. The van der Waals surface area contributed by atoms with E-state index < -0.39 is 11.6 Å². The van der Waals surface area contributed by atoms with Crippen LogP contribution < -0.4 is 5.32 Å².